The summed E-state index contributed by atoms with van der Waals surface area (Å²) in [5.41, 5.74) is 2.44. The molecule has 1 aliphatic rings. The molecule has 0 N–H and O–H groups in total. The molecule has 0 aliphatic carbocycles. The van der Waals surface area contributed by atoms with Crippen LogP contribution < -0.4 is 4.90 Å². The van der Waals surface area contributed by atoms with Crippen molar-refractivity contribution in [1.82, 2.24) is 8.87 Å². The zero-order chi connectivity index (χ0) is 22.9. The van der Waals surface area contributed by atoms with E-state index in [0.29, 0.717) is 43.4 Å². The largest absolute Gasteiger partial charge is 0.368 e. The maximum atomic E-state index is 13.1. The minimum Gasteiger partial charge on any atom is -0.368 e. The number of nitrogens with zero attached hydrogens (tertiary/aromatic N) is 4. The molecule has 10 heteroatoms. The topological polar surface area (TPSA) is 88.7 Å². The van der Waals surface area contributed by atoms with Gasteiger partial charge in [-0.3, -0.25) is 15.0 Å². The predicted molar refractivity (Wildman–Crippen MR) is 124 cm³/mol. The Hall–Kier alpha value is -2.88. The van der Waals surface area contributed by atoms with Crippen molar-refractivity contribution in [2.45, 2.75) is 18.4 Å². The Morgan fingerprint density at radius 2 is 1.72 bits per heavy atom. The highest BCUT2D eigenvalue weighted by Crippen LogP contribution is 2.30. The van der Waals surface area contributed by atoms with Gasteiger partial charge in [-0.25, -0.2) is 12.4 Å². The van der Waals surface area contributed by atoms with E-state index in [4.69, 9.17) is 11.6 Å². The summed E-state index contributed by atoms with van der Waals surface area (Å²) in [5.74, 6) is 0. The molecular weight excluding hydrogens is 452 g/mol. The van der Waals surface area contributed by atoms with Crippen molar-refractivity contribution in [3.63, 3.8) is 0 Å². The fourth-order valence-corrected chi connectivity index (χ4v) is 5.48. The number of anilines is 1. The lowest BCUT2D eigenvalue weighted by molar-refractivity contribution is -0.384. The number of aromatic nitrogens is 1. The van der Waals surface area contributed by atoms with Crippen LogP contribution in [-0.4, -0.2) is 48.4 Å². The lowest BCUT2D eigenvalue weighted by Crippen LogP contribution is -2.46. The van der Waals surface area contributed by atoms with Crippen LogP contribution in [0.15, 0.2) is 65.7 Å². The van der Waals surface area contributed by atoms with E-state index in [1.165, 1.54) is 16.1 Å². The van der Waals surface area contributed by atoms with E-state index in [0.717, 1.165) is 11.3 Å². The Labute approximate surface area is 191 Å². The van der Waals surface area contributed by atoms with Gasteiger partial charge >= 0.3 is 0 Å². The minimum absolute atomic E-state index is 0.0343. The first-order chi connectivity index (χ1) is 15.3. The van der Waals surface area contributed by atoms with Crippen LogP contribution in [0.25, 0.3) is 0 Å². The number of piperazine rings is 1. The maximum Gasteiger partial charge on any atom is 0.271 e. The quantitative estimate of drug-likeness (QED) is 0.397. The fraction of sp³-hybridized carbons (Fsp3) is 0.273. The zero-order valence-electron chi connectivity index (χ0n) is 17.5. The lowest BCUT2D eigenvalue weighted by atomic mass is 10.2. The van der Waals surface area contributed by atoms with Crippen LogP contribution in [0.4, 0.5) is 11.4 Å². The van der Waals surface area contributed by atoms with Crippen LogP contribution in [0.3, 0.4) is 0 Å². The van der Waals surface area contributed by atoms with Crippen LogP contribution in [0.1, 0.15) is 11.3 Å². The number of halogens is 1. The Bertz CT molecular complexity index is 1230. The molecule has 0 atom stereocenters. The van der Waals surface area contributed by atoms with Crippen molar-refractivity contribution < 1.29 is 13.3 Å². The van der Waals surface area contributed by atoms with Gasteiger partial charge in [0.1, 0.15) is 0 Å². The van der Waals surface area contributed by atoms with Crippen LogP contribution in [0.5, 0.6) is 0 Å². The molecule has 0 unspecified atom stereocenters. The van der Waals surface area contributed by atoms with Gasteiger partial charge in [-0.15, -0.1) is 0 Å². The molecule has 8 nitrogen and oxygen atoms in total. The molecular formula is C22H23ClN4O4S. The molecule has 1 saturated heterocycles. The lowest BCUT2D eigenvalue weighted by Gasteiger charge is -2.36. The second-order valence-electron chi connectivity index (χ2n) is 7.77. The van der Waals surface area contributed by atoms with E-state index in [1.54, 1.807) is 42.6 Å². The fourth-order valence-electron chi connectivity index (χ4n) is 3.82. The van der Waals surface area contributed by atoms with Crippen molar-refractivity contribution >= 4 is 33.0 Å². The Morgan fingerprint density at radius 3 is 2.34 bits per heavy atom. The van der Waals surface area contributed by atoms with E-state index in [1.807, 2.05) is 13.0 Å². The molecule has 1 aromatic heterocycles. The van der Waals surface area contributed by atoms with Gasteiger partial charge in [-0.2, -0.15) is 0 Å². The van der Waals surface area contributed by atoms with Crippen molar-refractivity contribution in [3.8, 4) is 0 Å². The average molecular weight is 475 g/mol. The van der Waals surface area contributed by atoms with Gasteiger partial charge in [0.15, 0.2) is 0 Å². The normalized spacial score (nSPS) is 15.1. The summed E-state index contributed by atoms with van der Waals surface area (Å²) in [6.45, 7) is 5.21. The van der Waals surface area contributed by atoms with E-state index in [2.05, 4.69) is 9.80 Å². The average Bonchev–Trinajstić information content (AvgIpc) is 3.24. The number of hydrogen-bond acceptors (Lipinski definition) is 6. The molecule has 1 fully saturated rings. The molecule has 2 aromatic carbocycles. The monoisotopic (exact) mass is 474 g/mol. The maximum absolute atomic E-state index is 13.1. The highest BCUT2D eigenvalue weighted by Gasteiger charge is 2.24. The molecule has 0 saturated carbocycles. The third-order valence-electron chi connectivity index (χ3n) is 5.61. The summed E-state index contributed by atoms with van der Waals surface area (Å²) in [6.07, 6.45) is 1.58. The second-order valence-corrected chi connectivity index (χ2v) is 9.99. The minimum atomic E-state index is -3.66. The Morgan fingerprint density at radius 1 is 1.03 bits per heavy atom. The molecule has 2 heterocycles. The summed E-state index contributed by atoms with van der Waals surface area (Å²) in [7, 11) is -3.66. The number of benzene rings is 2. The van der Waals surface area contributed by atoms with E-state index >= 15 is 0 Å². The van der Waals surface area contributed by atoms with Crippen LogP contribution in [-0.2, 0) is 16.6 Å². The summed E-state index contributed by atoms with van der Waals surface area (Å²) in [5, 5.41) is 11.3. The SMILES string of the molecule is Cc1ccc(S(=O)(=O)n2cccc2CN2CCN(c3ccc([N+](=O)[O-])cc3Cl)CC2)cc1. The molecule has 0 amide bonds. The first-order valence-electron chi connectivity index (χ1n) is 10.2. The number of hydrogen-bond donors (Lipinski definition) is 0. The molecule has 32 heavy (non-hydrogen) atoms. The molecule has 4 rings (SSSR count). The zero-order valence-corrected chi connectivity index (χ0v) is 19.1. The van der Waals surface area contributed by atoms with Crippen molar-refractivity contribution in [2.75, 3.05) is 31.1 Å². The van der Waals surface area contributed by atoms with Crippen LogP contribution in [0.2, 0.25) is 5.02 Å². The van der Waals surface area contributed by atoms with Gasteiger partial charge in [0.25, 0.3) is 15.7 Å². The van der Waals surface area contributed by atoms with Gasteiger partial charge < -0.3 is 4.90 Å². The Balaban J connectivity index is 1.44. The van der Waals surface area contributed by atoms with Crippen LogP contribution >= 0.6 is 11.6 Å². The first-order valence-corrected chi connectivity index (χ1v) is 12.0. The number of nitro benzene ring substituents is 1. The van der Waals surface area contributed by atoms with E-state index in [9.17, 15) is 18.5 Å². The highest BCUT2D eigenvalue weighted by atomic mass is 35.5. The molecule has 0 bridgehead atoms. The number of aryl methyl sites for hydroxylation is 1. The number of nitro groups is 1. The van der Waals surface area contributed by atoms with Crippen LogP contribution in [0, 0.1) is 17.0 Å². The first kappa shape index (κ1) is 22.3. The summed E-state index contributed by atoms with van der Waals surface area (Å²) < 4.78 is 27.5. The predicted octanol–water partition coefficient (Wildman–Crippen LogP) is 3.92. The van der Waals surface area contributed by atoms with Gasteiger partial charge in [0.2, 0.25) is 0 Å². The third kappa shape index (κ3) is 4.50. The van der Waals surface area contributed by atoms with E-state index < -0.39 is 14.9 Å². The highest BCUT2D eigenvalue weighted by molar-refractivity contribution is 7.90. The van der Waals surface area contributed by atoms with Gasteiger partial charge in [0, 0.05) is 56.7 Å². The summed E-state index contributed by atoms with van der Waals surface area (Å²) in [6, 6.07) is 14.9. The standard InChI is InChI=1S/C22H23ClN4O4S/c1-17-4-7-20(8-5-17)32(30,31)26-10-2-3-19(26)16-24-11-13-25(14-12-24)22-9-6-18(27(28)29)15-21(22)23/h2-10,15H,11-14,16H2,1H3. The second kappa shape index (κ2) is 8.93. The van der Waals surface area contributed by atoms with Gasteiger partial charge in [0.05, 0.1) is 20.5 Å². The number of non-ortho nitro benzene ring substituents is 1. The van der Waals surface area contributed by atoms with E-state index in [-0.39, 0.29) is 10.6 Å². The van der Waals surface area contributed by atoms with Crippen molar-refractivity contribution in [3.05, 3.63) is 87.2 Å². The van der Waals surface area contributed by atoms with Crippen molar-refractivity contribution in [2.24, 2.45) is 0 Å². The summed E-state index contributed by atoms with van der Waals surface area (Å²) >= 11 is 6.27. The molecule has 168 valence electrons. The number of rotatable bonds is 6. The molecule has 0 spiro atoms. The van der Waals surface area contributed by atoms with Gasteiger partial charge in [-0.05, 0) is 37.3 Å². The molecule has 1 aliphatic heterocycles. The summed E-state index contributed by atoms with van der Waals surface area (Å²) in [4.78, 5) is 15.0. The molecule has 0 radical (unpaired) electrons. The molecule has 3 aromatic rings. The van der Waals surface area contributed by atoms with Crippen molar-refractivity contribution in [1.29, 1.82) is 0 Å². The third-order valence-corrected chi connectivity index (χ3v) is 7.66. The van der Waals surface area contributed by atoms with Gasteiger partial charge in [-0.1, -0.05) is 29.3 Å². The Kier molecular flexibility index (Phi) is 6.23. The smallest absolute Gasteiger partial charge is 0.271 e.